The summed E-state index contributed by atoms with van der Waals surface area (Å²) in [6, 6.07) is 14.1. The lowest BCUT2D eigenvalue weighted by Gasteiger charge is -2.28. The van der Waals surface area contributed by atoms with Gasteiger partial charge in [-0.2, -0.15) is 0 Å². The number of ether oxygens (including phenoxy) is 2. The lowest BCUT2D eigenvalue weighted by Crippen LogP contribution is -2.48. The van der Waals surface area contributed by atoms with Crippen LogP contribution in [0.3, 0.4) is 0 Å². The molecule has 0 aliphatic carbocycles. The van der Waals surface area contributed by atoms with Gasteiger partial charge in [0.05, 0.1) is 19.8 Å². The molecule has 4 rings (SSSR count). The van der Waals surface area contributed by atoms with Crippen molar-refractivity contribution >= 4 is 23.6 Å². The molecule has 2 aliphatic rings. The molecule has 2 unspecified atom stereocenters. The maximum absolute atomic E-state index is 13.5. The summed E-state index contributed by atoms with van der Waals surface area (Å²) < 4.78 is 11.2. The van der Waals surface area contributed by atoms with Crippen molar-refractivity contribution in [2.75, 3.05) is 44.7 Å². The fourth-order valence-corrected chi connectivity index (χ4v) is 4.53. The van der Waals surface area contributed by atoms with Crippen molar-refractivity contribution in [2.45, 2.75) is 39.5 Å². The van der Waals surface area contributed by atoms with Crippen molar-refractivity contribution in [3.8, 4) is 0 Å². The molecule has 0 bridgehead atoms. The first-order valence-corrected chi connectivity index (χ1v) is 12.8. The summed E-state index contributed by atoms with van der Waals surface area (Å²) >= 11 is 0. The summed E-state index contributed by atoms with van der Waals surface area (Å²) in [5.74, 6) is -0.480. The van der Waals surface area contributed by atoms with Crippen LogP contribution >= 0.6 is 0 Å². The second-order valence-electron chi connectivity index (χ2n) is 9.88. The number of rotatable bonds is 9. The van der Waals surface area contributed by atoms with Gasteiger partial charge in [0.1, 0.15) is 0 Å². The Hall–Kier alpha value is -3.43. The molecule has 9 nitrogen and oxygen atoms in total. The zero-order chi connectivity index (χ0) is 26.4. The van der Waals surface area contributed by atoms with Crippen molar-refractivity contribution in [3.63, 3.8) is 0 Å². The normalized spacial score (nSPS) is 20.1. The maximum atomic E-state index is 13.5. The number of amides is 3. The Bertz CT molecular complexity index is 1100. The van der Waals surface area contributed by atoms with Gasteiger partial charge in [0.15, 0.2) is 12.1 Å². The van der Waals surface area contributed by atoms with Crippen molar-refractivity contribution < 1.29 is 23.9 Å². The number of anilines is 1. The minimum absolute atomic E-state index is 0.0816. The molecular weight excluding hydrogens is 472 g/mol. The zero-order valence-corrected chi connectivity index (χ0v) is 21.7. The number of hydrogen-bond acceptors (Lipinski definition) is 6. The van der Waals surface area contributed by atoms with Crippen molar-refractivity contribution in [1.29, 1.82) is 0 Å². The fraction of sp³-hybridized carbons (Fsp3) is 0.464. The van der Waals surface area contributed by atoms with Gasteiger partial charge in [-0.05, 0) is 30.2 Å². The Morgan fingerprint density at radius 1 is 1.08 bits per heavy atom. The number of morpholine rings is 1. The van der Waals surface area contributed by atoms with E-state index in [-0.39, 0.29) is 24.3 Å². The molecule has 2 saturated heterocycles. The topological polar surface area (TPSA) is 100 Å². The van der Waals surface area contributed by atoms with Crippen molar-refractivity contribution in [2.24, 2.45) is 5.92 Å². The molecule has 2 N–H and O–H groups in total. The second-order valence-corrected chi connectivity index (χ2v) is 9.88. The van der Waals surface area contributed by atoms with E-state index in [2.05, 4.69) is 15.5 Å². The quantitative estimate of drug-likeness (QED) is 0.540. The standard InChI is InChI=1S/C28H36N4O5/c1-19(2)26(33)30-23-9-7-22(8-10-23)25-24(27(34)29-11-12-31-13-15-36-16-14-31)32(28(35)37-25)18-21-6-4-5-20(3)17-21/h4-10,17,19,24-25H,11-16,18H2,1-3H3,(H,29,34)(H,30,33). The third-order valence-electron chi connectivity index (χ3n) is 6.65. The van der Waals surface area contributed by atoms with Gasteiger partial charge in [0.25, 0.3) is 0 Å². The number of nitrogens with zero attached hydrogens (tertiary/aromatic N) is 2. The molecule has 198 valence electrons. The van der Waals surface area contributed by atoms with Gasteiger partial charge in [-0.1, -0.05) is 55.8 Å². The van der Waals surface area contributed by atoms with E-state index in [0.717, 1.165) is 24.2 Å². The monoisotopic (exact) mass is 508 g/mol. The van der Waals surface area contributed by atoms with Gasteiger partial charge in [-0.25, -0.2) is 4.79 Å². The van der Waals surface area contributed by atoms with Crippen molar-refractivity contribution in [1.82, 2.24) is 15.1 Å². The maximum Gasteiger partial charge on any atom is 0.411 e. The predicted molar refractivity (Wildman–Crippen MR) is 140 cm³/mol. The number of aryl methyl sites for hydroxylation is 1. The Morgan fingerprint density at radius 2 is 1.81 bits per heavy atom. The van der Waals surface area contributed by atoms with E-state index in [9.17, 15) is 14.4 Å². The lowest BCUT2D eigenvalue weighted by molar-refractivity contribution is -0.126. The molecule has 37 heavy (non-hydrogen) atoms. The van der Waals surface area contributed by atoms with E-state index >= 15 is 0 Å². The predicted octanol–water partition coefficient (Wildman–Crippen LogP) is 3.10. The molecule has 2 aromatic rings. The Kier molecular flexibility index (Phi) is 8.78. The van der Waals surface area contributed by atoms with Gasteiger partial charge >= 0.3 is 6.09 Å². The van der Waals surface area contributed by atoms with Crippen LogP contribution in [0.15, 0.2) is 48.5 Å². The molecular formula is C28H36N4O5. The smallest absolute Gasteiger partial charge is 0.411 e. The van der Waals surface area contributed by atoms with E-state index in [1.54, 1.807) is 24.3 Å². The Morgan fingerprint density at radius 3 is 2.49 bits per heavy atom. The van der Waals surface area contributed by atoms with Crippen LogP contribution in [0.1, 0.15) is 36.6 Å². The molecule has 2 aromatic carbocycles. The van der Waals surface area contributed by atoms with Crippen LogP contribution in [0.5, 0.6) is 0 Å². The molecule has 3 amide bonds. The molecule has 0 radical (unpaired) electrons. The van der Waals surface area contributed by atoms with Gasteiger partial charge in [-0.3, -0.25) is 19.4 Å². The van der Waals surface area contributed by atoms with Gasteiger partial charge < -0.3 is 20.1 Å². The SMILES string of the molecule is Cc1cccc(CN2C(=O)OC(c3ccc(NC(=O)C(C)C)cc3)C2C(=O)NCCN2CCOCC2)c1. The fourth-order valence-electron chi connectivity index (χ4n) is 4.53. The van der Waals surface area contributed by atoms with Crippen molar-refractivity contribution in [3.05, 3.63) is 65.2 Å². The first-order chi connectivity index (χ1) is 17.8. The van der Waals surface area contributed by atoms with Crippen LogP contribution in [-0.4, -0.2) is 73.1 Å². The molecule has 2 aliphatic heterocycles. The summed E-state index contributed by atoms with van der Waals surface area (Å²) in [4.78, 5) is 42.3. The van der Waals surface area contributed by atoms with E-state index in [1.165, 1.54) is 4.90 Å². The third kappa shape index (κ3) is 6.87. The summed E-state index contributed by atoms with van der Waals surface area (Å²) in [5.41, 5.74) is 3.34. The lowest BCUT2D eigenvalue weighted by atomic mass is 10.00. The molecule has 2 fully saturated rings. The minimum atomic E-state index is -0.825. The Balaban J connectivity index is 1.51. The summed E-state index contributed by atoms with van der Waals surface area (Å²) in [7, 11) is 0. The molecule has 2 atom stereocenters. The number of cyclic esters (lactones) is 1. The van der Waals surface area contributed by atoms with E-state index in [1.807, 2.05) is 45.0 Å². The number of benzene rings is 2. The Labute approximate surface area is 218 Å². The highest BCUT2D eigenvalue weighted by molar-refractivity contribution is 5.92. The number of nitrogens with one attached hydrogen (secondary N) is 2. The van der Waals surface area contributed by atoms with Gasteiger partial charge in [0, 0.05) is 37.8 Å². The molecule has 2 heterocycles. The highest BCUT2D eigenvalue weighted by atomic mass is 16.6. The highest BCUT2D eigenvalue weighted by Gasteiger charge is 2.46. The molecule has 9 heteroatoms. The highest BCUT2D eigenvalue weighted by Crippen LogP contribution is 2.34. The van der Waals surface area contributed by atoms with Crippen LogP contribution in [0.4, 0.5) is 10.5 Å². The van der Waals surface area contributed by atoms with Gasteiger partial charge in [-0.15, -0.1) is 0 Å². The third-order valence-corrected chi connectivity index (χ3v) is 6.65. The van der Waals surface area contributed by atoms with Gasteiger partial charge in [0.2, 0.25) is 11.8 Å². The van der Waals surface area contributed by atoms with E-state index in [4.69, 9.17) is 9.47 Å². The zero-order valence-electron chi connectivity index (χ0n) is 21.7. The van der Waals surface area contributed by atoms with Crippen LogP contribution in [-0.2, 0) is 25.6 Å². The molecule has 0 saturated carbocycles. The van der Waals surface area contributed by atoms with Crippen LogP contribution < -0.4 is 10.6 Å². The van der Waals surface area contributed by atoms with E-state index in [0.29, 0.717) is 37.6 Å². The van der Waals surface area contributed by atoms with Crippen LogP contribution in [0.25, 0.3) is 0 Å². The van der Waals surface area contributed by atoms with Crippen LogP contribution in [0.2, 0.25) is 0 Å². The summed E-state index contributed by atoms with van der Waals surface area (Å²) in [5, 5.41) is 5.87. The first-order valence-electron chi connectivity index (χ1n) is 12.8. The number of hydrogen-bond donors (Lipinski definition) is 2. The molecule has 0 aromatic heterocycles. The molecule has 0 spiro atoms. The second kappa shape index (κ2) is 12.2. The number of carbonyl (C=O) groups excluding carboxylic acids is 3. The average molecular weight is 509 g/mol. The van der Waals surface area contributed by atoms with E-state index < -0.39 is 18.2 Å². The summed E-state index contributed by atoms with van der Waals surface area (Å²) in [6.45, 7) is 10.1. The summed E-state index contributed by atoms with van der Waals surface area (Å²) in [6.07, 6.45) is -1.30. The number of carbonyl (C=O) groups is 3. The average Bonchev–Trinajstić information content (AvgIpc) is 3.20. The minimum Gasteiger partial charge on any atom is -0.438 e. The largest absolute Gasteiger partial charge is 0.438 e. The first kappa shape index (κ1) is 26.6. The van der Waals surface area contributed by atoms with Crippen LogP contribution in [0, 0.1) is 12.8 Å².